The van der Waals surface area contributed by atoms with E-state index in [1.807, 2.05) is 13.0 Å². The monoisotopic (exact) mass is 257 g/mol. The second-order valence-electron chi connectivity index (χ2n) is 4.93. The van der Waals surface area contributed by atoms with Crippen LogP contribution < -0.4 is 5.32 Å². The van der Waals surface area contributed by atoms with Crippen LogP contribution in [0.5, 0.6) is 0 Å². The van der Waals surface area contributed by atoms with Crippen LogP contribution in [0, 0.1) is 18.7 Å². The smallest absolute Gasteiger partial charge is 0.123 e. The zero-order valence-corrected chi connectivity index (χ0v) is 11.5. The molecule has 0 amide bonds. The summed E-state index contributed by atoms with van der Waals surface area (Å²) in [5.74, 6) is 1.06. The predicted molar refractivity (Wildman–Crippen MR) is 71.9 cm³/mol. The zero-order chi connectivity index (χ0) is 12.8. The Morgan fingerprint density at radius 2 is 2.06 bits per heavy atom. The lowest BCUT2D eigenvalue weighted by Gasteiger charge is -2.18. The van der Waals surface area contributed by atoms with Gasteiger partial charge >= 0.3 is 0 Å². The number of halogens is 2. The average molecular weight is 258 g/mol. The molecule has 1 aromatic carbocycles. The first-order valence-electron chi connectivity index (χ1n) is 6.07. The summed E-state index contributed by atoms with van der Waals surface area (Å²) in [6.45, 7) is 7.04. The lowest BCUT2D eigenvalue weighted by molar-refractivity contribution is 0.444. The van der Waals surface area contributed by atoms with E-state index in [-0.39, 0.29) is 5.82 Å². The van der Waals surface area contributed by atoms with Crippen molar-refractivity contribution in [2.24, 2.45) is 5.92 Å². The van der Waals surface area contributed by atoms with Gasteiger partial charge in [-0.25, -0.2) is 4.39 Å². The number of aryl methyl sites for hydroxylation is 1. The van der Waals surface area contributed by atoms with Crippen molar-refractivity contribution in [2.75, 3.05) is 5.88 Å². The van der Waals surface area contributed by atoms with Crippen LogP contribution in [0.3, 0.4) is 0 Å². The van der Waals surface area contributed by atoms with E-state index in [1.54, 1.807) is 6.07 Å². The lowest BCUT2D eigenvalue weighted by Crippen LogP contribution is -2.31. The van der Waals surface area contributed by atoms with Gasteiger partial charge in [-0.2, -0.15) is 0 Å². The highest BCUT2D eigenvalue weighted by Gasteiger charge is 2.09. The Balaban J connectivity index is 2.53. The molecule has 3 heteroatoms. The van der Waals surface area contributed by atoms with Crippen LogP contribution in [0.2, 0.25) is 0 Å². The van der Waals surface area contributed by atoms with Gasteiger partial charge in [-0.05, 0) is 42.5 Å². The molecular weight excluding hydrogens is 237 g/mol. The van der Waals surface area contributed by atoms with E-state index in [0.717, 1.165) is 24.1 Å². The average Bonchev–Trinajstić information content (AvgIpc) is 2.25. The minimum atomic E-state index is -0.178. The first kappa shape index (κ1) is 14.5. The molecular formula is C14H21ClFN. The maximum atomic E-state index is 12.9. The molecule has 1 atom stereocenters. The van der Waals surface area contributed by atoms with Gasteiger partial charge < -0.3 is 5.32 Å². The Kier molecular flexibility index (Phi) is 5.93. The summed E-state index contributed by atoms with van der Waals surface area (Å²) in [4.78, 5) is 0. The standard InChI is InChI=1S/C14H21ClFN/c1-10(2)6-14(8-15)17-9-12-4-5-13(16)7-11(12)3/h4-5,7,10,14,17H,6,8-9H2,1-3H3. The van der Waals surface area contributed by atoms with Crippen molar-refractivity contribution in [1.29, 1.82) is 0 Å². The van der Waals surface area contributed by atoms with Crippen molar-refractivity contribution in [3.05, 3.63) is 35.1 Å². The Labute approximate surface area is 108 Å². The van der Waals surface area contributed by atoms with E-state index < -0.39 is 0 Å². The lowest BCUT2D eigenvalue weighted by atomic mass is 10.0. The van der Waals surface area contributed by atoms with Crippen LogP contribution in [0.25, 0.3) is 0 Å². The van der Waals surface area contributed by atoms with E-state index >= 15 is 0 Å². The van der Waals surface area contributed by atoms with Gasteiger partial charge in [0.25, 0.3) is 0 Å². The van der Waals surface area contributed by atoms with Crippen LogP contribution in [0.15, 0.2) is 18.2 Å². The molecule has 1 nitrogen and oxygen atoms in total. The molecule has 0 spiro atoms. The molecule has 0 aromatic heterocycles. The maximum absolute atomic E-state index is 12.9. The summed E-state index contributed by atoms with van der Waals surface area (Å²) in [7, 11) is 0. The molecule has 0 radical (unpaired) electrons. The molecule has 17 heavy (non-hydrogen) atoms. The van der Waals surface area contributed by atoms with E-state index in [4.69, 9.17) is 11.6 Å². The normalized spacial score (nSPS) is 13.1. The fourth-order valence-corrected chi connectivity index (χ4v) is 2.12. The Morgan fingerprint density at radius 3 is 2.59 bits per heavy atom. The van der Waals surface area contributed by atoms with Gasteiger partial charge in [0.2, 0.25) is 0 Å². The van der Waals surface area contributed by atoms with Crippen molar-refractivity contribution < 1.29 is 4.39 Å². The first-order valence-corrected chi connectivity index (χ1v) is 6.60. The van der Waals surface area contributed by atoms with Crippen LogP contribution in [0.1, 0.15) is 31.4 Å². The van der Waals surface area contributed by atoms with Crippen LogP contribution in [0.4, 0.5) is 4.39 Å². The highest BCUT2D eigenvalue weighted by atomic mass is 35.5. The maximum Gasteiger partial charge on any atom is 0.123 e. The van der Waals surface area contributed by atoms with Gasteiger partial charge in [-0.15, -0.1) is 11.6 Å². The molecule has 96 valence electrons. The minimum absolute atomic E-state index is 0.178. The fourth-order valence-electron chi connectivity index (χ4n) is 1.88. The largest absolute Gasteiger partial charge is 0.309 e. The number of rotatable bonds is 6. The van der Waals surface area contributed by atoms with E-state index in [0.29, 0.717) is 17.8 Å². The second-order valence-corrected chi connectivity index (χ2v) is 5.24. The summed E-state index contributed by atoms with van der Waals surface area (Å²) in [5, 5.41) is 3.42. The second kappa shape index (κ2) is 6.97. The first-order chi connectivity index (χ1) is 8.02. The molecule has 0 heterocycles. The summed E-state index contributed by atoms with van der Waals surface area (Å²) >= 11 is 5.92. The minimum Gasteiger partial charge on any atom is -0.309 e. The van der Waals surface area contributed by atoms with E-state index in [9.17, 15) is 4.39 Å². The molecule has 0 fully saturated rings. The van der Waals surface area contributed by atoms with Gasteiger partial charge in [0.15, 0.2) is 0 Å². The Hall–Kier alpha value is -0.600. The number of nitrogens with one attached hydrogen (secondary N) is 1. The molecule has 1 aromatic rings. The van der Waals surface area contributed by atoms with Crippen LogP contribution in [-0.4, -0.2) is 11.9 Å². The van der Waals surface area contributed by atoms with Gasteiger partial charge in [-0.3, -0.25) is 0 Å². The number of alkyl halides is 1. The topological polar surface area (TPSA) is 12.0 Å². The summed E-state index contributed by atoms with van der Waals surface area (Å²) in [6, 6.07) is 5.22. The molecule has 1 rings (SSSR count). The molecule has 0 aliphatic rings. The van der Waals surface area contributed by atoms with E-state index in [1.165, 1.54) is 6.07 Å². The van der Waals surface area contributed by atoms with Crippen LogP contribution >= 0.6 is 11.6 Å². The highest BCUT2D eigenvalue weighted by Crippen LogP contribution is 2.12. The number of benzene rings is 1. The van der Waals surface area contributed by atoms with Gasteiger partial charge in [-0.1, -0.05) is 19.9 Å². The highest BCUT2D eigenvalue weighted by molar-refractivity contribution is 6.18. The third-order valence-electron chi connectivity index (χ3n) is 2.83. The number of hydrogen-bond acceptors (Lipinski definition) is 1. The van der Waals surface area contributed by atoms with Crippen molar-refractivity contribution in [1.82, 2.24) is 5.32 Å². The molecule has 1 unspecified atom stereocenters. The van der Waals surface area contributed by atoms with Gasteiger partial charge in [0, 0.05) is 18.5 Å². The van der Waals surface area contributed by atoms with Gasteiger partial charge in [0.1, 0.15) is 5.82 Å². The Bertz CT molecular complexity index is 352. The van der Waals surface area contributed by atoms with Crippen molar-refractivity contribution in [3.63, 3.8) is 0 Å². The SMILES string of the molecule is Cc1cc(F)ccc1CNC(CCl)CC(C)C. The molecule has 0 saturated carbocycles. The quantitative estimate of drug-likeness (QED) is 0.763. The van der Waals surface area contributed by atoms with Crippen molar-refractivity contribution in [2.45, 2.75) is 39.8 Å². The molecule has 0 saturated heterocycles. The van der Waals surface area contributed by atoms with Gasteiger partial charge in [0.05, 0.1) is 0 Å². The Morgan fingerprint density at radius 1 is 1.35 bits per heavy atom. The molecule has 1 N–H and O–H groups in total. The summed E-state index contributed by atoms with van der Waals surface area (Å²) in [5.41, 5.74) is 2.11. The molecule has 0 bridgehead atoms. The third kappa shape index (κ3) is 5.05. The van der Waals surface area contributed by atoms with Crippen molar-refractivity contribution in [3.8, 4) is 0 Å². The fraction of sp³-hybridized carbons (Fsp3) is 0.571. The summed E-state index contributed by atoms with van der Waals surface area (Å²) < 4.78 is 12.9. The third-order valence-corrected chi connectivity index (χ3v) is 3.20. The molecule has 0 aliphatic heterocycles. The number of hydrogen-bond donors (Lipinski definition) is 1. The summed E-state index contributed by atoms with van der Waals surface area (Å²) in [6.07, 6.45) is 1.06. The predicted octanol–water partition coefficient (Wildman–Crippen LogP) is 3.88. The zero-order valence-electron chi connectivity index (χ0n) is 10.8. The van der Waals surface area contributed by atoms with Crippen LogP contribution in [-0.2, 0) is 6.54 Å². The molecule has 0 aliphatic carbocycles. The van der Waals surface area contributed by atoms with E-state index in [2.05, 4.69) is 19.2 Å². The van der Waals surface area contributed by atoms with Crippen molar-refractivity contribution >= 4 is 11.6 Å².